The number of aliphatic imine (C=N–C) groups is 1. The van der Waals surface area contributed by atoms with Crippen molar-refractivity contribution in [2.75, 3.05) is 11.9 Å². The molecule has 3 aromatic carbocycles. The van der Waals surface area contributed by atoms with Crippen molar-refractivity contribution in [3.05, 3.63) is 132 Å². The van der Waals surface area contributed by atoms with Gasteiger partial charge in [-0.05, 0) is 43.1 Å². The van der Waals surface area contributed by atoms with E-state index < -0.39 is 12.0 Å². The largest absolute Gasteiger partial charge is 0.480 e. The maximum absolute atomic E-state index is 13.6. The Hall–Kier alpha value is -4.62. The van der Waals surface area contributed by atoms with Crippen LogP contribution in [0.4, 0.5) is 5.69 Å². The molecule has 1 saturated heterocycles. The van der Waals surface area contributed by atoms with E-state index in [-0.39, 0.29) is 18.4 Å². The number of amides is 1. The number of pyridine rings is 1. The van der Waals surface area contributed by atoms with E-state index in [1.165, 1.54) is 0 Å². The van der Waals surface area contributed by atoms with Crippen molar-refractivity contribution >= 4 is 23.3 Å². The zero-order chi connectivity index (χ0) is 27.7. The lowest BCUT2D eigenvalue weighted by Crippen LogP contribution is -2.39. The maximum atomic E-state index is 13.6. The molecule has 0 unspecified atom stereocenters. The number of carboxylic acids is 1. The van der Waals surface area contributed by atoms with Gasteiger partial charge in [0.2, 0.25) is 5.91 Å². The third-order valence-corrected chi connectivity index (χ3v) is 7.09. The van der Waals surface area contributed by atoms with Crippen LogP contribution < -0.4 is 5.32 Å². The zero-order valence-electron chi connectivity index (χ0n) is 22.2. The van der Waals surface area contributed by atoms with E-state index in [1.807, 2.05) is 103 Å². The number of benzene rings is 3. The minimum Gasteiger partial charge on any atom is -0.480 e. The number of anilines is 1. The Morgan fingerprint density at radius 2 is 1.62 bits per heavy atom. The standard InChI is InChI=1S/C33H32N4O3/c38-32(30-19-11-21-37(30)23-26-16-9-10-20-34-26)36-28-18-8-7-17-27(28)31(25-14-5-2-6-15-25)35-29(33(39)40)22-24-12-3-1-4-13-24/h1-10,12-18,20,29-30H,11,19,21-23H2,(H,36,38)(H,39,40)/t29-,30-/m0/s1. The van der Waals surface area contributed by atoms with E-state index >= 15 is 0 Å². The van der Waals surface area contributed by atoms with Crippen LogP contribution in [-0.2, 0) is 22.6 Å². The Bertz CT molecular complexity index is 1460. The zero-order valence-corrected chi connectivity index (χ0v) is 22.2. The summed E-state index contributed by atoms with van der Waals surface area (Å²) in [6.45, 7) is 1.43. The fourth-order valence-electron chi connectivity index (χ4n) is 5.10. The van der Waals surface area contributed by atoms with E-state index in [9.17, 15) is 14.7 Å². The number of rotatable bonds is 10. The molecule has 5 rings (SSSR count). The smallest absolute Gasteiger partial charge is 0.328 e. The topological polar surface area (TPSA) is 94.9 Å². The highest BCUT2D eigenvalue weighted by Gasteiger charge is 2.31. The van der Waals surface area contributed by atoms with Crippen LogP contribution >= 0.6 is 0 Å². The van der Waals surface area contributed by atoms with Crippen molar-refractivity contribution in [2.45, 2.75) is 37.9 Å². The van der Waals surface area contributed by atoms with Crippen LogP contribution in [0.25, 0.3) is 0 Å². The van der Waals surface area contributed by atoms with Crippen LogP contribution in [0.5, 0.6) is 0 Å². The molecule has 2 atom stereocenters. The van der Waals surface area contributed by atoms with Crippen molar-refractivity contribution < 1.29 is 14.7 Å². The molecule has 2 N–H and O–H groups in total. The predicted molar refractivity (Wildman–Crippen MR) is 156 cm³/mol. The predicted octanol–water partition coefficient (Wildman–Crippen LogP) is 5.22. The molecule has 0 radical (unpaired) electrons. The molecular formula is C33H32N4O3. The normalized spacial score (nSPS) is 16.4. The highest BCUT2D eigenvalue weighted by molar-refractivity contribution is 6.17. The van der Waals surface area contributed by atoms with Crippen LogP contribution in [0.1, 0.15) is 35.2 Å². The molecule has 0 aliphatic carbocycles. The first-order valence-corrected chi connectivity index (χ1v) is 13.5. The molecule has 0 bridgehead atoms. The highest BCUT2D eigenvalue weighted by Crippen LogP contribution is 2.25. The first-order chi connectivity index (χ1) is 19.6. The molecule has 1 fully saturated rings. The highest BCUT2D eigenvalue weighted by atomic mass is 16.4. The third-order valence-electron chi connectivity index (χ3n) is 7.09. The molecule has 2 heterocycles. The van der Waals surface area contributed by atoms with Gasteiger partial charge in [-0.2, -0.15) is 0 Å². The summed E-state index contributed by atoms with van der Waals surface area (Å²) in [5.41, 5.74) is 4.40. The summed E-state index contributed by atoms with van der Waals surface area (Å²) in [7, 11) is 0. The molecular weight excluding hydrogens is 500 g/mol. The van der Waals surface area contributed by atoms with Crippen molar-refractivity contribution in [2.24, 2.45) is 4.99 Å². The van der Waals surface area contributed by atoms with Crippen LogP contribution in [-0.4, -0.2) is 51.2 Å². The van der Waals surface area contributed by atoms with E-state index in [2.05, 4.69) is 15.2 Å². The Morgan fingerprint density at radius 1 is 0.925 bits per heavy atom. The van der Waals surface area contributed by atoms with Gasteiger partial charge in [0.25, 0.3) is 0 Å². The van der Waals surface area contributed by atoms with Gasteiger partial charge in [-0.1, -0.05) is 84.9 Å². The lowest BCUT2D eigenvalue weighted by molar-refractivity contribution is -0.138. The number of carbonyl (C=O) groups excluding carboxylic acids is 1. The molecule has 40 heavy (non-hydrogen) atoms. The lowest BCUT2D eigenvalue weighted by Gasteiger charge is -2.24. The van der Waals surface area contributed by atoms with E-state index in [0.717, 1.165) is 36.2 Å². The summed E-state index contributed by atoms with van der Waals surface area (Å²) >= 11 is 0. The van der Waals surface area contributed by atoms with Gasteiger partial charge in [0.15, 0.2) is 6.04 Å². The Kier molecular flexibility index (Phi) is 8.73. The summed E-state index contributed by atoms with van der Waals surface area (Å²) in [5, 5.41) is 13.2. The second-order valence-electron chi connectivity index (χ2n) is 9.87. The number of likely N-dealkylation sites (tertiary alicyclic amines) is 1. The second-order valence-corrected chi connectivity index (χ2v) is 9.87. The van der Waals surface area contributed by atoms with E-state index in [4.69, 9.17) is 4.99 Å². The van der Waals surface area contributed by atoms with E-state index in [1.54, 1.807) is 6.20 Å². The fraction of sp³-hybridized carbons (Fsp3) is 0.212. The molecule has 1 aromatic heterocycles. The monoisotopic (exact) mass is 532 g/mol. The Labute approximate surface area is 234 Å². The van der Waals surface area contributed by atoms with Crippen molar-refractivity contribution in [3.63, 3.8) is 0 Å². The molecule has 1 aliphatic heterocycles. The number of carboxylic acid groups (broad SMARTS) is 1. The molecule has 0 saturated carbocycles. The first kappa shape index (κ1) is 27.0. The van der Waals surface area contributed by atoms with Crippen LogP contribution in [0.15, 0.2) is 114 Å². The van der Waals surface area contributed by atoms with Gasteiger partial charge >= 0.3 is 5.97 Å². The van der Waals surface area contributed by atoms with Crippen LogP contribution in [0.2, 0.25) is 0 Å². The molecule has 1 amide bonds. The quantitative estimate of drug-likeness (QED) is 0.273. The van der Waals surface area contributed by atoms with E-state index in [0.29, 0.717) is 23.5 Å². The Morgan fingerprint density at radius 3 is 2.35 bits per heavy atom. The molecule has 202 valence electrons. The summed E-state index contributed by atoms with van der Waals surface area (Å²) < 4.78 is 0. The average Bonchev–Trinajstić information content (AvgIpc) is 3.45. The number of para-hydroxylation sites is 1. The number of hydrogen-bond acceptors (Lipinski definition) is 5. The average molecular weight is 533 g/mol. The third kappa shape index (κ3) is 6.68. The second kappa shape index (κ2) is 13.0. The summed E-state index contributed by atoms with van der Waals surface area (Å²) in [4.78, 5) is 37.3. The van der Waals surface area contributed by atoms with Gasteiger partial charge in [-0.15, -0.1) is 0 Å². The number of nitrogens with one attached hydrogen (secondary N) is 1. The maximum Gasteiger partial charge on any atom is 0.328 e. The van der Waals surface area contributed by atoms with Crippen molar-refractivity contribution in [3.8, 4) is 0 Å². The van der Waals surface area contributed by atoms with Crippen LogP contribution in [0, 0.1) is 0 Å². The van der Waals surface area contributed by atoms with Gasteiger partial charge in [-0.3, -0.25) is 19.7 Å². The minimum atomic E-state index is -1.00. The number of carbonyl (C=O) groups is 2. The fourth-order valence-corrected chi connectivity index (χ4v) is 5.10. The summed E-state index contributed by atoms with van der Waals surface area (Å²) in [6, 6.07) is 31.0. The van der Waals surface area contributed by atoms with Gasteiger partial charge < -0.3 is 10.4 Å². The van der Waals surface area contributed by atoms with Gasteiger partial charge in [0.05, 0.1) is 23.1 Å². The number of aromatic nitrogens is 1. The Balaban J connectivity index is 1.45. The number of nitrogens with zero attached hydrogens (tertiary/aromatic N) is 3. The van der Waals surface area contributed by atoms with Crippen molar-refractivity contribution in [1.29, 1.82) is 0 Å². The molecule has 7 nitrogen and oxygen atoms in total. The molecule has 4 aromatic rings. The summed E-state index contributed by atoms with van der Waals surface area (Å²) in [5.74, 6) is -1.10. The SMILES string of the molecule is O=C(O)[C@H](Cc1ccccc1)N=C(c1ccccc1)c1ccccc1NC(=O)[C@@H]1CCCN1Cc1ccccn1. The minimum absolute atomic E-state index is 0.0904. The lowest BCUT2D eigenvalue weighted by atomic mass is 9.98. The molecule has 1 aliphatic rings. The van der Waals surface area contributed by atoms with Crippen LogP contribution in [0.3, 0.4) is 0 Å². The van der Waals surface area contributed by atoms with Gasteiger partial charge in [0, 0.05) is 30.3 Å². The summed E-state index contributed by atoms with van der Waals surface area (Å²) in [6.07, 6.45) is 3.72. The molecule has 0 spiro atoms. The number of aliphatic carboxylic acids is 1. The van der Waals surface area contributed by atoms with Gasteiger partial charge in [0.1, 0.15) is 0 Å². The van der Waals surface area contributed by atoms with Crippen molar-refractivity contribution in [1.82, 2.24) is 9.88 Å². The molecule has 7 heteroatoms. The van der Waals surface area contributed by atoms with Gasteiger partial charge in [-0.25, -0.2) is 4.79 Å². The number of hydrogen-bond donors (Lipinski definition) is 2. The first-order valence-electron chi connectivity index (χ1n) is 13.5.